The molecule has 2 aromatic rings. The Morgan fingerprint density at radius 3 is 2.44 bits per heavy atom. The quantitative estimate of drug-likeness (QED) is 0.527. The first-order valence-electron chi connectivity index (χ1n) is 9.24. The number of nitrogens with one attached hydrogen (secondary N) is 1. The van der Waals surface area contributed by atoms with Gasteiger partial charge in [-0.3, -0.25) is 14.5 Å². The van der Waals surface area contributed by atoms with Gasteiger partial charge in [-0.1, -0.05) is 46.9 Å². The molecular formula is C21H17Cl3N4O4. The molecule has 1 aliphatic rings. The number of benzene rings is 1. The Morgan fingerprint density at radius 1 is 1.12 bits per heavy atom. The van der Waals surface area contributed by atoms with E-state index in [1.54, 1.807) is 12.1 Å². The molecule has 4 N–H and O–H groups in total. The SMILES string of the molecule is NC1=CC=C(CC(NC(=O)c2cccnc2Cl)C(=O)O)CN1C(=O)c1c(Cl)cccc1Cl. The molecule has 3 rings (SSSR count). The van der Waals surface area contributed by atoms with Crippen molar-refractivity contribution >= 4 is 52.6 Å². The van der Waals surface area contributed by atoms with Crippen LogP contribution in [0.1, 0.15) is 27.1 Å². The number of aromatic nitrogens is 1. The summed E-state index contributed by atoms with van der Waals surface area (Å²) in [6.07, 6.45) is 4.41. The molecule has 1 atom stereocenters. The Balaban J connectivity index is 1.77. The number of nitrogens with two attached hydrogens (primary N) is 1. The zero-order chi connectivity index (χ0) is 23.4. The highest BCUT2D eigenvalue weighted by atomic mass is 35.5. The molecule has 32 heavy (non-hydrogen) atoms. The van der Waals surface area contributed by atoms with Crippen LogP contribution in [-0.4, -0.2) is 45.4 Å². The number of nitrogens with zero attached hydrogens (tertiary/aromatic N) is 2. The maximum absolute atomic E-state index is 13.0. The van der Waals surface area contributed by atoms with Crippen LogP contribution in [0.4, 0.5) is 0 Å². The maximum atomic E-state index is 13.0. The van der Waals surface area contributed by atoms with Gasteiger partial charge in [0.1, 0.15) is 17.0 Å². The molecule has 2 amide bonds. The van der Waals surface area contributed by atoms with Crippen molar-refractivity contribution in [2.45, 2.75) is 12.5 Å². The first-order valence-corrected chi connectivity index (χ1v) is 10.4. The van der Waals surface area contributed by atoms with Crippen molar-refractivity contribution in [2.75, 3.05) is 6.54 Å². The van der Waals surface area contributed by atoms with Gasteiger partial charge in [-0.15, -0.1) is 0 Å². The number of carboxylic acids is 1. The fourth-order valence-corrected chi connectivity index (χ4v) is 3.82. The van der Waals surface area contributed by atoms with E-state index in [1.807, 2.05) is 0 Å². The van der Waals surface area contributed by atoms with Gasteiger partial charge in [-0.05, 0) is 35.9 Å². The van der Waals surface area contributed by atoms with Gasteiger partial charge in [0.05, 0.1) is 21.2 Å². The minimum Gasteiger partial charge on any atom is -0.480 e. The molecule has 0 aliphatic carbocycles. The highest BCUT2D eigenvalue weighted by Gasteiger charge is 2.29. The molecule has 0 bridgehead atoms. The molecule has 1 aromatic carbocycles. The van der Waals surface area contributed by atoms with Gasteiger partial charge >= 0.3 is 5.97 Å². The normalized spacial score (nSPS) is 14.3. The van der Waals surface area contributed by atoms with E-state index in [2.05, 4.69) is 10.3 Å². The summed E-state index contributed by atoms with van der Waals surface area (Å²) < 4.78 is 0. The van der Waals surface area contributed by atoms with Crippen molar-refractivity contribution in [3.05, 3.63) is 86.4 Å². The van der Waals surface area contributed by atoms with Crippen LogP contribution in [0.3, 0.4) is 0 Å². The molecule has 2 heterocycles. The molecule has 1 aliphatic heterocycles. The third kappa shape index (κ3) is 5.21. The summed E-state index contributed by atoms with van der Waals surface area (Å²) in [6.45, 7) is -0.00395. The summed E-state index contributed by atoms with van der Waals surface area (Å²) in [4.78, 5) is 42.3. The van der Waals surface area contributed by atoms with Crippen molar-refractivity contribution in [2.24, 2.45) is 5.73 Å². The van der Waals surface area contributed by atoms with Gasteiger partial charge in [0.15, 0.2) is 0 Å². The molecule has 1 unspecified atom stereocenters. The summed E-state index contributed by atoms with van der Waals surface area (Å²) in [5.41, 5.74) is 6.65. The summed E-state index contributed by atoms with van der Waals surface area (Å²) >= 11 is 18.2. The van der Waals surface area contributed by atoms with Crippen LogP contribution < -0.4 is 11.1 Å². The average Bonchev–Trinajstić information content (AvgIpc) is 2.74. The Morgan fingerprint density at radius 2 is 1.81 bits per heavy atom. The summed E-state index contributed by atoms with van der Waals surface area (Å²) in [5, 5.41) is 12.3. The van der Waals surface area contributed by atoms with E-state index in [-0.39, 0.29) is 45.1 Å². The minimum atomic E-state index is -1.28. The number of hydrogen-bond acceptors (Lipinski definition) is 5. The summed E-state index contributed by atoms with van der Waals surface area (Å²) in [5.74, 6) is -2.32. The zero-order valence-corrected chi connectivity index (χ0v) is 18.7. The summed E-state index contributed by atoms with van der Waals surface area (Å²) in [6, 6.07) is 6.33. The van der Waals surface area contributed by atoms with Crippen molar-refractivity contribution in [3.63, 3.8) is 0 Å². The second-order valence-corrected chi connectivity index (χ2v) is 7.99. The predicted octanol–water partition coefficient (Wildman–Crippen LogP) is 3.50. The smallest absolute Gasteiger partial charge is 0.326 e. The number of allylic oxidation sites excluding steroid dienone is 2. The Labute approximate surface area is 198 Å². The lowest BCUT2D eigenvalue weighted by Gasteiger charge is -2.28. The van der Waals surface area contributed by atoms with E-state index in [9.17, 15) is 19.5 Å². The Hall–Kier alpha value is -3.07. The van der Waals surface area contributed by atoms with Crippen molar-refractivity contribution in [1.82, 2.24) is 15.2 Å². The van der Waals surface area contributed by atoms with E-state index in [4.69, 9.17) is 40.5 Å². The molecule has 0 fully saturated rings. The van der Waals surface area contributed by atoms with Gasteiger partial charge < -0.3 is 16.2 Å². The highest BCUT2D eigenvalue weighted by molar-refractivity contribution is 6.39. The molecule has 0 spiro atoms. The fourth-order valence-electron chi connectivity index (χ4n) is 3.05. The second kappa shape index (κ2) is 10.0. The fraction of sp³-hybridized carbons (Fsp3) is 0.143. The van der Waals surface area contributed by atoms with Crippen LogP contribution in [-0.2, 0) is 4.79 Å². The molecule has 0 saturated carbocycles. The number of carboxylic acid groups (broad SMARTS) is 1. The predicted molar refractivity (Wildman–Crippen MR) is 121 cm³/mol. The topological polar surface area (TPSA) is 126 Å². The number of rotatable bonds is 6. The molecule has 0 saturated heterocycles. The van der Waals surface area contributed by atoms with Gasteiger partial charge in [0.25, 0.3) is 11.8 Å². The van der Waals surface area contributed by atoms with Crippen molar-refractivity contribution < 1.29 is 19.5 Å². The number of aliphatic carboxylic acids is 1. The van der Waals surface area contributed by atoms with Crippen LogP contribution >= 0.6 is 34.8 Å². The average molecular weight is 496 g/mol. The third-order valence-corrected chi connectivity index (χ3v) is 5.59. The number of pyridine rings is 1. The Bertz CT molecular complexity index is 1130. The van der Waals surface area contributed by atoms with E-state index < -0.39 is 23.8 Å². The molecule has 11 heteroatoms. The van der Waals surface area contributed by atoms with Crippen LogP contribution in [0.15, 0.2) is 60.1 Å². The first-order chi connectivity index (χ1) is 15.2. The standard InChI is InChI=1S/C21H17Cl3N4O4/c22-13-4-1-5-14(23)17(13)20(30)28-10-11(6-7-16(28)25)9-15(21(31)32)27-19(29)12-3-2-8-26-18(12)24/h1-8,15H,9-10,25H2,(H,27,29)(H,31,32). The second-order valence-electron chi connectivity index (χ2n) is 6.81. The van der Waals surface area contributed by atoms with Crippen LogP contribution in [0.25, 0.3) is 0 Å². The number of amides is 2. The molecule has 8 nitrogen and oxygen atoms in total. The molecular weight excluding hydrogens is 479 g/mol. The van der Waals surface area contributed by atoms with Crippen LogP contribution in [0.5, 0.6) is 0 Å². The van der Waals surface area contributed by atoms with E-state index in [1.165, 1.54) is 41.4 Å². The van der Waals surface area contributed by atoms with Gasteiger partial charge in [-0.2, -0.15) is 0 Å². The number of hydrogen-bond donors (Lipinski definition) is 3. The number of carbonyl (C=O) groups excluding carboxylic acids is 2. The van der Waals surface area contributed by atoms with Gasteiger partial charge in [-0.25, -0.2) is 9.78 Å². The van der Waals surface area contributed by atoms with Gasteiger partial charge in [0.2, 0.25) is 0 Å². The number of halogens is 3. The lowest BCUT2D eigenvalue weighted by molar-refractivity contribution is -0.139. The largest absolute Gasteiger partial charge is 0.480 e. The highest BCUT2D eigenvalue weighted by Crippen LogP contribution is 2.28. The minimum absolute atomic E-state index is 0.00395. The van der Waals surface area contributed by atoms with E-state index >= 15 is 0 Å². The van der Waals surface area contributed by atoms with Crippen LogP contribution in [0.2, 0.25) is 15.2 Å². The lowest BCUT2D eigenvalue weighted by Crippen LogP contribution is -2.43. The Kier molecular flexibility index (Phi) is 7.40. The first kappa shape index (κ1) is 23.6. The van der Waals surface area contributed by atoms with Crippen molar-refractivity contribution in [3.8, 4) is 0 Å². The van der Waals surface area contributed by atoms with Crippen LogP contribution in [0, 0.1) is 0 Å². The number of carbonyl (C=O) groups is 3. The molecule has 0 radical (unpaired) electrons. The van der Waals surface area contributed by atoms with E-state index in [0.717, 1.165) is 0 Å². The molecule has 166 valence electrons. The van der Waals surface area contributed by atoms with E-state index in [0.29, 0.717) is 5.57 Å². The van der Waals surface area contributed by atoms with Gasteiger partial charge in [0, 0.05) is 19.2 Å². The monoisotopic (exact) mass is 494 g/mol. The maximum Gasteiger partial charge on any atom is 0.326 e. The summed E-state index contributed by atoms with van der Waals surface area (Å²) in [7, 11) is 0. The third-order valence-electron chi connectivity index (χ3n) is 4.66. The zero-order valence-electron chi connectivity index (χ0n) is 16.4. The van der Waals surface area contributed by atoms with Crippen molar-refractivity contribution in [1.29, 1.82) is 0 Å². The molecule has 1 aromatic heterocycles. The lowest BCUT2D eigenvalue weighted by atomic mass is 10.0.